The average molecular weight is 871 g/mol. The Balaban J connectivity index is 6.16. The third-order valence-electron chi connectivity index (χ3n) is 8.62. The lowest BCUT2D eigenvalue weighted by Gasteiger charge is -2.27. The predicted octanol–water partition coefficient (Wildman–Crippen LogP) is -4.73. The van der Waals surface area contributed by atoms with Gasteiger partial charge in [0.15, 0.2) is 11.9 Å². The zero-order chi connectivity index (χ0) is 47.0. The van der Waals surface area contributed by atoms with Crippen LogP contribution in [0.1, 0.15) is 92.4 Å². The molecule has 0 saturated carbocycles. The highest BCUT2D eigenvalue weighted by atomic mass is 16.4. The number of aliphatic imine (C=N–C) groups is 2. The molecule has 20 N–H and O–H groups in total. The average Bonchev–Trinajstić information content (AvgIpc) is 3.13. The van der Waals surface area contributed by atoms with E-state index in [1.54, 1.807) is 27.7 Å². The van der Waals surface area contributed by atoms with Crippen molar-refractivity contribution >= 4 is 65.2 Å². The molecule has 346 valence electrons. The van der Waals surface area contributed by atoms with Gasteiger partial charge in [0.2, 0.25) is 41.4 Å². The van der Waals surface area contributed by atoms with Crippen LogP contribution in [0.2, 0.25) is 0 Å². The Morgan fingerprint density at radius 1 is 0.508 bits per heavy atom. The van der Waals surface area contributed by atoms with Crippen molar-refractivity contribution in [1.29, 1.82) is 0 Å². The van der Waals surface area contributed by atoms with Crippen molar-refractivity contribution in [2.24, 2.45) is 56.2 Å². The molecular weight excluding hydrogens is 804 g/mol. The monoisotopic (exact) mass is 871 g/mol. The number of rotatable bonds is 30. The molecule has 0 aromatic heterocycles. The highest BCUT2D eigenvalue weighted by Gasteiger charge is 2.34. The quantitative estimate of drug-likeness (QED) is 0.0183. The minimum absolute atomic E-state index is 0.0131. The van der Waals surface area contributed by atoms with E-state index in [2.05, 4.69) is 41.9 Å². The zero-order valence-corrected chi connectivity index (χ0v) is 35.4. The number of nitrogens with two attached hydrogens (primary N) is 6. The molecule has 0 rings (SSSR count). The van der Waals surface area contributed by atoms with E-state index in [1.165, 1.54) is 6.92 Å². The van der Waals surface area contributed by atoms with Crippen LogP contribution >= 0.6 is 0 Å². The van der Waals surface area contributed by atoms with Crippen LogP contribution in [0.5, 0.6) is 0 Å². The number of nitrogens with one attached hydrogen (secondary N) is 6. The molecule has 61 heavy (non-hydrogen) atoms. The smallest absolute Gasteiger partial charge is 0.326 e. The van der Waals surface area contributed by atoms with Crippen molar-refractivity contribution in [3.63, 3.8) is 0 Å². The molecular formula is C36H66N14O11. The molecule has 0 aliphatic carbocycles. The molecule has 7 amide bonds. The maximum absolute atomic E-state index is 13.6. The Bertz CT molecular complexity index is 1580. The summed E-state index contributed by atoms with van der Waals surface area (Å²) < 4.78 is 0. The largest absolute Gasteiger partial charge is 0.481 e. The number of carbonyl (C=O) groups is 9. The molecule has 0 aliphatic heterocycles. The van der Waals surface area contributed by atoms with Crippen molar-refractivity contribution in [2.75, 3.05) is 13.1 Å². The summed E-state index contributed by atoms with van der Waals surface area (Å²) in [6.45, 7) is 8.45. The van der Waals surface area contributed by atoms with Crippen molar-refractivity contribution in [3.05, 3.63) is 0 Å². The number of amides is 7. The molecule has 0 heterocycles. The van der Waals surface area contributed by atoms with E-state index < -0.39 is 102 Å². The summed E-state index contributed by atoms with van der Waals surface area (Å²) in [4.78, 5) is 122. The molecule has 7 atom stereocenters. The molecule has 0 aromatic rings. The fraction of sp³-hybridized carbons (Fsp3) is 0.694. The predicted molar refractivity (Wildman–Crippen MR) is 222 cm³/mol. The van der Waals surface area contributed by atoms with E-state index in [-0.39, 0.29) is 88.2 Å². The maximum atomic E-state index is 13.6. The second kappa shape index (κ2) is 28.2. The lowest BCUT2D eigenvalue weighted by molar-refractivity contribution is -0.144. The summed E-state index contributed by atoms with van der Waals surface area (Å²) in [6.07, 6.45) is -0.891. The molecule has 0 spiro atoms. The first-order valence-corrected chi connectivity index (χ1v) is 19.8. The van der Waals surface area contributed by atoms with Gasteiger partial charge in [0.1, 0.15) is 36.3 Å². The molecule has 25 nitrogen and oxygen atoms in total. The lowest BCUT2D eigenvalue weighted by Crippen LogP contribution is -2.59. The van der Waals surface area contributed by atoms with Crippen LogP contribution in [0, 0.1) is 11.8 Å². The summed E-state index contributed by atoms with van der Waals surface area (Å²) in [5.74, 6) is -9.66. The number of carbonyl (C=O) groups excluding carboxylic acids is 7. The Morgan fingerprint density at radius 3 is 1.33 bits per heavy atom. The molecule has 25 heteroatoms. The van der Waals surface area contributed by atoms with Crippen LogP contribution < -0.4 is 66.3 Å². The van der Waals surface area contributed by atoms with Crippen molar-refractivity contribution in [3.8, 4) is 0 Å². The summed E-state index contributed by atoms with van der Waals surface area (Å²) in [5, 5.41) is 33.7. The SMILES string of the molecule is CC(C)C[C@H](NC(=O)[C@H](C)NC(=O)[C@H](CCCN=C(N)N)NC(=O)[C@H](CC(C)C)NC(=O)[C@@H](N)CCC(N)=O)C(=O)N[C@@H](CC(=O)O)C(=O)N[C@@H](CCCN=C(N)N)C(=O)O. The van der Waals surface area contributed by atoms with E-state index in [0.717, 1.165) is 0 Å². The van der Waals surface area contributed by atoms with Crippen molar-refractivity contribution in [2.45, 2.75) is 135 Å². The van der Waals surface area contributed by atoms with Gasteiger partial charge in [0, 0.05) is 19.5 Å². The third-order valence-corrected chi connectivity index (χ3v) is 8.62. The number of carboxylic acids is 2. The standard InChI is InChI=1S/C36H66N14O11/c1-17(2)14-23(32(58)50-25(16-27(52)53)33(59)47-22(34(60)61)9-7-13-44-36(41)42)48-28(54)19(5)45-30(56)21(8-6-12-43-35(39)40)46-31(57)24(15-18(3)4)49-29(55)20(37)10-11-26(38)51/h17-25H,6-16,37H2,1-5H3,(H2,38,51)(H,45,56)(H,46,57)(H,47,59)(H,48,54)(H,49,55)(H,50,58)(H,52,53)(H,60,61)(H4,39,40,43)(H4,41,42,44)/t19-,20-,21-,22-,23-,24-,25-/m0/s1. The van der Waals surface area contributed by atoms with Crippen molar-refractivity contribution < 1.29 is 53.4 Å². The van der Waals surface area contributed by atoms with Gasteiger partial charge in [0.05, 0.1) is 12.5 Å². The minimum Gasteiger partial charge on any atom is -0.481 e. The molecule has 0 aromatic carbocycles. The fourth-order valence-corrected chi connectivity index (χ4v) is 5.52. The molecule has 0 unspecified atom stereocenters. The number of nitrogens with zero attached hydrogens (tertiary/aromatic N) is 2. The van der Waals surface area contributed by atoms with Gasteiger partial charge in [-0.3, -0.25) is 48.3 Å². The lowest BCUT2D eigenvalue weighted by atomic mass is 10.0. The summed E-state index contributed by atoms with van der Waals surface area (Å²) in [5.41, 5.74) is 32.4. The van der Waals surface area contributed by atoms with E-state index in [4.69, 9.17) is 34.4 Å². The summed E-state index contributed by atoms with van der Waals surface area (Å²) in [7, 11) is 0. The van der Waals surface area contributed by atoms with Crippen LogP contribution in [0.15, 0.2) is 9.98 Å². The minimum atomic E-state index is -1.76. The number of guanidine groups is 2. The molecule has 0 bridgehead atoms. The second-order valence-corrected chi connectivity index (χ2v) is 15.2. The van der Waals surface area contributed by atoms with Crippen LogP contribution in [-0.2, 0) is 43.2 Å². The van der Waals surface area contributed by atoms with E-state index in [0.29, 0.717) is 0 Å². The maximum Gasteiger partial charge on any atom is 0.326 e. The number of hydrogen-bond acceptors (Lipinski definition) is 12. The van der Waals surface area contributed by atoms with Crippen LogP contribution in [0.3, 0.4) is 0 Å². The first-order chi connectivity index (χ1) is 28.3. The summed E-state index contributed by atoms with van der Waals surface area (Å²) >= 11 is 0. The van der Waals surface area contributed by atoms with Gasteiger partial charge < -0.3 is 76.5 Å². The second-order valence-electron chi connectivity index (χ2n) is 15.2. The van der Waals surface area contributed by atoms with E-state index in [9.17, 15) is 53.4 Å². The van der Waals surface area contributed by atoms with Gasteiger partial charge in [-0.25, -0.2) is 4.79 Å². The van der Waals surface area contributed by atoms with Crippen LogP contribution in [0.25, 0.3) is 0 Å². The first-order valence-electron chi connectivity index (χ1n) is 19.8. The molecule has 0 fully saturated rings. The van der Waals surface area contributed by atoms with Gasteiger partial charge in [-0.05, 0) is 63.7 Å². The number of aliphatic carboxylic acids is 2. The van der Waals surface area contributed by atoms with Gasteiger partial charge >= 0.3 is 11.9 Å². The van der Waals surface area contributed by atoms with Crippen LogP contribution in [0.4, 0.5) is 0 Å². The number of primary amides is 1. The Kier molecular flexibility index (Phi) is 25.3. The zero-order valence-electron chi connectivity index (χ0n) is 35.4. The van der Waals surface area contributed by atoms with Gasteiger partial charge in [-0.2, -0.15) is 0 Å². The highest BCUT2D eigenvalue weighted by Crippen LogP contribution is 2.10. The third kappa shape index (κ3) is 24.4. The molecule has 0 radical (unpaired) electrons. The van der Waals surface area contributed by atoms with E-state index in [1.807, 2.05) is 0 Å². The van der Waals surface area contributed by atoms with Gasteiger partial charge in [-0.15, -0.1) is 0 Å². The first kappa shape index (κ1) is 54.7. The topological polar surface area (TPSA) is 447 Å². The summed E-state index contributed by atoms with van der Waals surface area (Å²) in [6, 6.07) is -9.55. The highest BCUT2D eigenvalue weighted by molar-refractivity contribution is 5.97. The Hall–Kier alpha value is -6.27. The van der Waals surface area contributed by atoms with E-state index >= 15 is 0 Å². The van der Waals surface area contributed by atoms with Crippen LogP contribution in [-0.4, -0.2) is 131 Å². The van der Waals surface area contributed by atoms with Gasteiger partial charge in [0.25, 0.3) is 0 Å². The van der Waals surface area contributed by atoms with Gasteiger partial charge in [-0.1, -0.05) is 27.7 Å². The molecule has 0 aliphatic rings. The fourth-order valence-electron chi connectivity index (χ4n) is 5.52. The normalized spacial score (nSPS) is 14.4. The molecule has 0 saturated heterocycles. The Labute approximate surface area is 354 Å². The number of hydrogen-bond donors (Lipinski definition) is 14. The van der Waals surface area contributed by atoms with Crippen molar-refractivity contribution in [1.82, 2.24) is 31.9 Å². The Morgan fingerprint density at radius 2 is 0.902 bits per heavy atom. The number of carboxylic acid groups (broad SMARTS) is 2.